The highest BCUT2D eigenvalue weighted by Gasteiger charge is 2.18. The normalized spacial score (nSPS) is 16.9. The lowest BCUT2D eigenvalue weighted by Gasteiger charge is -2.30. The lowest BCUT2D eigenvalue weighted by atomic mass is 10.0. The third kappa shape index (κ3) is 2.99. The predicted molar refractivity (Wildman–Crippen MR) is 70.2 cm³/mol. The number of hydrogen-bond acceptors (Lipinski definition) is 2. The lowest BCUT2D eigenvalue weighted by Crippen LogP contribution is -2.38. The summed E-state index contributed by atoms with van der Waals surface area (Å²) in [5.41, 5.74) is 3.80. The van der Waals surface area contributed by atoms with Crippen LogP contribution in [0, 0.1) is 13.8 Å². The summed E-state index contributed by atoms with van der Waals surface area (Å²) >= 11 is 0. The maximum atomic E-state index is 10.6. The number of anilines is 1. The van der Waals surface area contributed by atoms with Crippen LogP contribution in [-0.4, -0.2) is 30.4 Å². The fourth-order valence-corrected chi connectivity index (χ4v) is 2.26. The van der Waals surface area contributed by atoms with Gasteiger partial charge in [0.1, 0.15) is 0 Å². The van der Waals surface area contributed by atoms with E-state index in [-0.39, 0.29) is 0 Å². The second-order valence-corrected chi connectivity index (χ2v) is 4.88. The number of benzene rings is 1. The highest BCUT2D eigenvalue weighted by molar-refractivity contribution is 5.53. The molecule has 3 heteroatoms. The van der Waals surface area contributed by atoms with Crippen molar-refractivity contribution in [2.75, 3.05) is 18.4 Å². The molecule has 0 radical (unpaired) electrons. The lowest BCUT2D eigenvalue weighted by molar-refractivity contribution is -0.118. The molecule has 0 atom stereocenters. The van der Waals surface area contributed by atoms with Crippen molar-refractivity contribution < 1.29 is 4.79 Å². The number of carbonyl (C=O) groups is 1. The topological polar surface area (TPSA) is 32.3 Å². The number of likely N-dealkylation sites (tertiary alicyclic amines) is 1. The van der Waals surface area contributed by atoms with Gasteiger partial charge in [-0.3, -0.25) is 4.79 Å². The minimum absolute atomic E-state index is 0.492. The molecular weight excluding hydrogens is 212 g/mol. The van der Waals surface area contributed by atoms with E-state index in [0.717, 1.165) is 32.3 Å². The number of aryl methyl sites for hydroxylation is 2. The molecule has 17 heavy (non-hydrogen) atoms. The quantitative estimate of drug-likeness (QED) is 0.811. The highest BCUT2D eigenvalue weighted by atomic mass is 16.1. The van der Waals surface area contributed by atoms with Crippen molar-refractivity contribution >= 4 is 12.1 Å². The summed E-state index contributed by atoms with van der Waals surface area (Å²) in [6.45, 7) is 5.97. The van der Waals surface area contributed by atoms with Crippen molar-refractivity contribution in [3.63, 3.8) is 0 Å². The molecule has 1 saturated heterocycles. The number of nitrogens with one attached hydrogen (secondary N) is 1. The first kappa shape index (κ1) is 12.0. The van der Waals surface area contributed by atoms with Crippen LogP contribution in [0.25, 0.3) is 0 Å². The molecule has 0 unspecified atom stereocenters. The third-order valence-corrected chi connectivity index (χ3v) is 3.43. The van der Waals surface area contributed by atoms with E-state index >= 15 is 0 Å². The molecule has 1 heterocycles. The van der Waals surface area contributed by atoms with Crippen LogP contribution in [0.2, 0.25) is 0 Å². The summed E-state index contributed by atoms with van der Waals surface area (Å²) in [6.07, 6.45) is 3.02. The summed E-state index contributed by atoms with van der Waals surface area (Å²) in [5.74, 6) is 0. The Hall–Kier alpha value is -1.51. The van der Waals surface area contributed by atoms with Crippen molar-refractivity contribution in [3.8, 4) is 0 Å². The van der Waals surface area contributed by atoms with Gasteiger partial charge in [-0.2, -0.15) is 0 Å². The van der Waals surface area contributed by atoms with Crippen LogP contribution < -0.4 is 5.32 Å². The molecule has 1 N–H and O–H groups in total. The Balaban J connectivity index is 1.97. The van der Waals surface area contributed by atoms with Gasteiger partial charge < -0.3 is 10.2 Å². The van der Waals surface area contributed by atoms with Gasteiger partial charge >= 0.3 is 0 Å². The summed E-state index contributed by atoms with van der Waals surface area (Å²) < 4.78 is 0. The highest BCUT2D eigenvalue weighted by Crippen LogP contribution is 2.20. The number of amides is 1. The van der Waals surface area contributed by atoms with Crippen LogP contribution in [0.4, 0.5) is 5.69 Å². The molecule has 1 aliphatic rings. The van der Waals surface area contributed by atoms with Gasteiger partial charge in [-0.1, -0.05) is 12.1 Å². The molecule has 3 nitrogen and oxygen atoms in total. The minimum Gasteiger partial charge on any atom is -0.382 e. The first-order chi connectivity index (χ1) is 8.19. The van der Waals surface area contributed by atoms with Crippen LogP contribution in [-0.2, 0) is 4.79 Å². The Morgan fingerprint density at radius 1 is 1.29 bits per heavy atom. The molecule has 1 amide bonds. The Morgan fingerprint density at radius 3 is 2.65 bits per heavy atom. The molecule has 0 aliphatic carbocycles. The molecule has 92 valence electrons. The fourth-order valence-electron chi connectivity index (χ4n) is 2.26. The molecular formula is C14H20N2O. The van der Waals surface area contributed by atoms with Gasteiger partial charge in [-0.25, -0.2) is 0 Å². The molecule has 0 saturated carbocycles. The Kier molecular flexibility index (Phi) is 3.67. The van der Waals surface area contributed by atoms with E-state index in [1.165, 1.54) is 16.8 Å². The van der Waals surface area contributed by atoms with Crippen molar-refractivity contribution in [1.82, 2.24) is 4.90 Å². The smallest absolute Gasteiger partial charge is 0.209 e. The predicted octanol–water partition coefficient (Wildman–Crippen LogP) is 2.34. The van der Waals surface area contributed by atoms with Crippen molar-refractivity contribution in [1.29, 1.82) is 0 Å². The second-order valence-electron chi connectivity index (χ2n) is 4.88. The summed E-state index contributed by atoms with van der Waals surface area (Å²) in [5, 5.41) is 3.59. The maximum absolute atomic E-state index is 10.6. The Labute approximate surface area is 103 Å². The van der Waals surface area contributed by atoms with E-state index in [9.17, 15) is 4.79 Å². The fraction of sp³-hybridized carbons (Fsp3) is 0.500. The standard InChI is InChI=1S/C14H20N2O/c1-11-3-4-12(2)14(9-11)15-13-5-7-16(10-17)8-6-13/h3-4,9-10,13,15H,5-8H2,1-2H3. The number of piperidine rings is 1. The SMILES string of the molecule is Cc1ccc(C)c(NC2CCN(C=O)CC2)c1. The molecule has 0 spiro atoms. The number of carbonyl (C=O) groups excluding carboxylic acids is 1. The summed E-state index contributed by atoms with van der Waals surface area (Å²) in [4.78, 5) is 12.5. The van der Waals surface area contributed by atoms with Crippen LogP contribution >= 0.6 is 0 Å². The van der Waals surface area contributed by atoms with Gasteiger partial charge in [0.2, 0.25) is 6.41 Å². The van der Waals surface area contributed by atoms with Crippen LogP contribution in [0.15, 0.2) is 18.2 Å². The van der Waals surface area contributed by atoms with E-state index in [2.05, 4.69) is 37.4 Å². The zero-order chi connectivity index (χ0) is 12.3. The number of nitrogens with zero attached hydrogens (tertiary/aromatic N) is 1. The van der Waals surface area contributed by atoms with E-state index in [0.29, 0.717) is 6.04 Å². The second kappa shape index (κ2) is 5.21. The van der Waals surface area contributed by atoms with Gasteiger partial charge in [0.15, 0.2) is 0 Å². The van der Waals surface area contributed by atoms with E-state index in [1.807, 2.05) is 4.90 Å². The molecule has 1 aromatic carbocycles. The average Bonchev–Trinajstić information content (AvgIpc) is 2.35. The first-order valence-electron chi connectivity index (χ1n) is 6.22. The van der Waals surface area contributed by atoms with Gasteiger partial charge in [-0.15, -0.1) is 0 Å². The zero-order valence-electron chi connectivity index (χ0n) is 10.6. The zero-order valence-corrected chi connectivity index (χ0v) is 10.6. The number of hydrogen-bond donors (Lipinski definition) is 1. The molecule has 1 aliphatic heterocycles. The Morgan fingerprint density at radius 2 is 2.00 bits per heavy atom. The largest absolute Gasteiger partial charge is 0.382 e. The van der Waals surface area contributed by atoms with Crippen molar-refractivity contribution in [2.24, 2.45) is 0 Å². The van der Waals surface area contributed by atoms with E-state index in [1.54, 1.807) is 0 Å². The van der Waals surface area contributed by atoms with Crippen LogP contribution in [0.3, 0.4) is 0 Å². The molecule has 1 fully saturated rings. The van der Waals surface area contributed by atoms with Crippen LogP contribution in [0.1, 0.15) is 24.0 Å². The Bertz CT molecular complexity index is 395. The average molecular weight is 232 g/mol. The number of rotatable bonds is 3. The van der Waals surface area contributed by atoms with Crippen molar-refractivity contribution in [2.45, 2.75) is 32.7 Å². The van der Waals surface area contributed by atoms with Crippen LogP contribution in [0.5, 0.6) is 0 Å². The van der Waals surface area contributed by atoms with Gasteiger partial charge in [0, 0.05) is 24.8 Å². The van der Waals surface area contributed by atoms with E-state index < -0.39 is 0 Å². The van der Waals surface area contributed by atoms with Crippen molar-refractivity contribution in [3.05, 3.63) is 29.3 Å². The molecule has 1 aromatic rings. The van der Waals surface area contributed by atoms with E-state index in [4.69, 9.17) is 0 Å². The third-order valence-electron chi connectivity index (χ3n) is 3.43. The summed E-state index contributed by atoms with van der Waals surface area (Å²) in [6, 6.07) is 6.97. The first-order valence-corrected chi connectivity index (χ1v) is 6.22. The molecule has 2 rings (SSSR count). The molecule has 0 aromatic heterocycles. The molecule has 0 bridgehead atoms. The van der Waals surface area contributed by atoms with Gasteiger partial charge in [0.05, 0.1) is 0 Å². The summed E-state index contributed by atoms with van der Waals surface area (Å²) in [7, 11) is 0. The minimum atomic E-state index is 0.492. The monoisotopic (exact) mass is 232 g/mol. The van der Waals surface area contributed by atoms with Gasteiger partial charge in [-0.05, 0) is 43.9 Å². The maximum Gasteiger partial charge on any atom is 0.209 e. The van der Waals surface area contributed by atoms with Gasteiger partial charge in [0.25, 0.3) is 0 Å².